The summed E-state index contributed by atoms with van der Waals surface area (Å²) in [6.45, 7) is 10.8. The Morgan fingerprint density at radius 1 is 1.14 bits per heavy atom. The molecule has 2 aromatic rings. The van der Waals surface area contributed by atoms with E-state index in [2.05, 4.69) is 36.2 Å². The van der Waals surface area contributed by atoms with Crippen molar-refractivity contribution < 1.29 is 9.53 Å². The van der Waals surface area contributed by atoms with E-state index in [1.807, 2.05) is 37.3 Å². The van der Waals surface area contributed by atoms with E-state index in [4.69, 9.17) is 4.74 Å². The Bertz CT molecular complexity index is 761. The minimum Gasteiger partial charge on any atom is -0.480 e. The summed E-state index contributed by atoms with van der Waals surface area (Å²) in [5, 5.41) is 5.24. The van der Waals surface area contributed by atoms with Crippen LogP contribution < -0.4 is 10.1 Å². The molecule has 1 N–H and O–H groups in total. The zero-order valence-electron chi connectivity index (χ0n) is 17.5. The van der Waals surface area contributed by atoms with E-state index in [-0.39, 0.29) is 5.91 Å². The molecule has 0 aliphatic carbocycles. The average molecular weight is 383 g/mol. The molecule has 1 amide bonds. The van der Waals surface area contributed by atoms with Gasteiger partial charge in [0.05, 0.1) is 0 Å². The van der Waals surface area contributed by atoms with E-state index < -0.39 is 6.10 Å². The second kappa shape index (κ2) is 9.92. The SMILES string of the molecule is CC[C@H](Oc1cccc2ccccc12)C(=O)NCCCN1C[C@H](C)C[C@@H](C)C1. The molecule has 1 saturated heterocycles. The van der Waals surface area contributed by atoms with Crippen molar-refractivity contribution in [2.24, 2.45) is 11.8 Å². The van der Waals surface area contributed by atoms with Gasteiger partial charge in [0.15, 0.2) is 6.10 Å². The van der Waals surface area contributed by atoms with Crippen LogP contribution in [0.15, 0.2) is 42.5 Å². The minimum absolute atomic E-state index is 0.0178. The third-order valence-corrected chi connectivity index (χ3v) is 5.58. The van der Waals surface area contributed by atoms with Crippen LogP contribution in [0.5, 0.6) is 5.75 Å². The highest BCUT2D eigenvalue weighted by Gasteiger charge is 2.22. The second-order valence-electron chi connectivity index (χ2n) is 8.34. The topological polar surface area (TPSA) is 41.6 Å². The van der Waals surface area contributed by atoms with E-state index >= 15 is 0 Å². The molecular formula is C24H34N2O2. The number of carbonyl (C=O) groups excluding carboxylic acids is 1. The molecule has 3 atom stereocenters. The Morgan fingerprint density at radius 3 is 2.61 bits per heavy atom. The van der Waals surface area contributed by atoms with Gasteiger partial charge in [-0.05, 0) is 49.1 Å². The number of nitrogens with one attached hydrogen (secondary N) is 1. The predicted octanol–water partition coefficient (Wildman–Crippen LogP) is 4.48. The van der Waals surface area contributed by atoms with Crippen molar-refractivity contribution in [3.05, 3.63) is 42.5 Å². The Kier molecular flexibility index (Phi) is 7.32. The lowest BCUT2D eigenvalue weighted by atomic mass is 9.92. The fourth-order valence-corrected chi connectivity index (χ4v) is 4.38. The van der Waals surface area contributed by atoms with Crippen molar-refractivity contribution in [1.82, 2.24) is 10.2 Å². The van der Waals surface area contributed by atoms with Crippen molar-refractivity contribution in [1.29, 1.82) is 0 Å². The zero-order chi connectivity index (χ0) is 19.9. The highest BCUT2D eigenvalue weighted by molar-refractivity contribution is 5.89. The molecule has 1 aliphatic heterocycles. The number of hydrogen-bond acceptors (Lipinski definition) is 3. The molecular weight excluding hydrogens is 348 g/mol. The lowest BCUT2D eigenvalue weighted by Gasteiger charge is -2.35. The van der Waals surface area contributed by atoms with Gasteiger partial charge in [0.1, 0.15) is 5.75 Å². The van der Waals surface area contributed by atoms with Crippen molar-refractivity contribution in [2.75, 3.05) is 26.2 Å². The van der Waals surface area contributed by atoms with Crippen LogP contribution in [0.1, 0.15) is 40.0 Å². The summed E-state index contributed by atoms with van der Waals surface area (Å²) >= 11 is 0. The van der Waals surface area contributed by atoms with E-state index in [1.54, 1.807) is 0 Å². The Balaban J connectivity index is 1.48. The van der Waals surface area contributed by atoms with E-state index in [1.165, 1.54) is 19.5 Å². The molecule has 0 radical (unpaired) electrons. The second-order valence-corrected chi connectivity index (χ2v) is 8.34. The third kappa shape index (κ3) is 5.48. The van der Waals surface area contributed by atoms with Crippen molar-refractivity contribution in [2.45, 2.75) is 46.1 Å². The van der Waals surface area contributed by atoms with E-state index in [9.17, 15) is 4.79 Å². The molecule has 4 nitrogen and oxygen atoms in total. The normalized spacial score (nSPS) is 21.4. The molecule has 152 valence electrons. The number of benzene rings is 2. The molecule has 0 saturated carbocycles. The maximum absolute atomic E-state index is 12.6. The van der Waals surface area contributed by atoms with Crippen LogP contribution in [-0.4, -0.2) is 43.1 Å². The van der Waals surface area contributed by atoms with Gasteiger partial charge in [0.25, 0.3) is 5.91 Å². The van der Waals surface area contributed by atoms with Crippen LogP contribution in [0.2, 0.25) is 0 Å². The van der Waals surface area contributed by atoms with Gasteiger partial charge in [0.2, 0.25) is 0 Å². The Hall–Kier alpha value is -2.07. The standard InChI is InChI=1S/C24H34N2O2/c1-4-22(28-23-12-7-10-20-9-5-6-11-21(20)23)24(27)25-13-8-14-26-16-18(2)15-19(3)17-26/h5-7,9-12,18-19,22H,4,8,13-17H2,1-3H3,(H,25,27)/t18-,19-,22+/m1/s1. The smallest absolute Gasteiger partial charge is 0.261 e. The number of ether oxygens (including phenoxy) is 1. The minimum atomic E-state index is -0.458. The lowest BCUT2D eigenvalue weighted by Crippen LogP contribution is -2.41. The lowest BCUT2D eigenvalue weighted by molar-refractivity contribution is -0.128. The van der Waals surface area contributed by atoms with Crippen molar-refractivity contribution in [3.8, 4) is 5.75 Å². The first-order chi connectivity index (χ1) is 13.6. The number of fused-ring (bicyclic) bond motifs is 1. The fourth-order valence-electron chi connectivity index (χ4n) is 4.38. The number of rotatable bonds is 8. The van der Waals surface area contributed by atoms with Crippen LogP contribution in [0, 0.1) is 11.8 Å². The molecule has 0 bridgehead atoms. The number of amides is 1. The zero-order valence-corrected chi connectivity index (χ0v) is 17.5. The molecule has 28 heavy (non-hydrogen) atoms. The fraction of sp³-hybridized carbons (Fsp3) is 0.542. The first-order valence-electron chi connectivity index (χ1n) is 10.7. The molecule has 0 unspecified atom stereocenters. The predicted molar refractivity (Wildman–Crippen MR) is 116 cm³/mol. The highest BCUT2D eigenvalue weighted by atomic mass is 16.5. The summed E-state index contributed by atoms with van der Waals surface area (Å²) in [5.41, 5.74) is 0. The van der Waals surface area contributed by atoms with Gasteiger partial charge in [0, 0.05) is 25.0 Å². The van der Waals surface area contributed by atoms with Crippen molar-refractivity contribution in [3.63, 3.8) is 0 Å². The highest BCUT2D eigenvalue weighted by Crippen LogP contribution is 2.26. The molecule has 2 aromatic carbocycles. The summed E-state index contributed by atoms with van der Waals surface area (Å²) in [6.07, 6.45) is 2.50. The van der Waals surface area contributed by atoms with Crippen LogP contribution >= 0.6 is 0 Å². The van der Waals surface area contributed by atoms with E-state index in [0.717, 1.165) is 41.3 Å². The first kappa shape index (κ1) is 20.7. The number of carbonyl (C=O) groups is 1. The number of hydrogen-bond donors (Lipinski definition) is 1. The van der Waals surface area contributed by atoms with Gasteiger partial charge in [-0.25, -0.2) is 0 Å². The maximum atomic E-state index is 12.6. The third-order valence-electron chi connectivity index (χ3n) is 5.58. The summed E-state index contributed by atoms with van der Waals surface area (Å²) in [7, 11) is 0. The molecule has 1 aliphatic rings. The number of piperidine rings is 1. The Morgan fingerprint density at radius 2 is 1.86 bits per heavy atom. The Labute approximate surface area is 169 Å². The summed E-state index contributed by atoms with van der Waals surface area (Å²) in [4.78, 5) is 15.2. The van der Waals surface area contributed by atoms with Crippen LogP contribution in [0.4, 0.5) is 0 Å². The van der Waals surface area contributed by atoms with Gasteiger partial charge in [-0.15, -0.1) is 0 Å². The maximum Gasteiger partial charge on any atom is 0.261 e. The molecule has 3 rings (SSSR count). The molecule has 0 spiro atoms. The van der Waals surface area contributed by atoms with Crippen LogP contribution in [-0.2, 0) is 4.79 Å². The van der Waals surface area contributed by atoms with Crippen LogP contribution in [0.3, 0.4) is 0 Å². The van der Waals surface area contributed by atoms with Crippen LogP contribution in [0.25, 0.3) is 10.8 Å². The van der Waals surface area contributed by atoms with Gasteiger partial charge in [-0.3, -0.25) is 4.79 Å². The largest absolute Gasteiger partial charge is 0.480 e. The van der Waals surface area contributed by atoms with Gasteiger partial charge >= 0.3 is 0 Å². The molecule has 1 heterocycles. The average Bonchev–Trinajstić information content (AvgIpc) is 2.68. The van der Waals surface area contributed by atoms with Gasteiger partial charge < -0.3 is 15.0 Å². The van der Waals surface area contributed by atoms with E-state index in [0.29, 0.717) is 13.0 Å². The van der Waals surface area contributed by atoms with Crippen molar-refractivity contribution >= 4 is 16.7 Å². The molecule has 4 heteroatoms. The monoisotopic (exact) mass is 382 g/mol. The summed E-state index contributed by atoms with van der Waals surface area (Å²) in [6, 6.07) is 14.1. The van der Waals surface area contributed by atoms with Gasteiger partial charge in [-0.1, -0.05) is 57.2 Å². The number of nitrogens with zero attached hydrogens (tertiary/aromatic N) is 1. The summed E-state index contributed by atoms with van der Waals surface area (Å²) < 4.78 is 6.09. The van der Waals surface area contributed by atoms with Gasteiger partial charge in [-0.2, -0.15) is 0 Å². The molecule has 1 fully saturated rings. The summed E-state index contributed by atoms with van der Waals surface area (Å²) in [5.74, 6) is 2.31. The number of likely N-dealkylation sites (tertiary alicyclic amines) is 1. The quantitative estimate of drug-likeness (QED) is 0.685. The molecule has 0 aromatic heterocycles. The first-order valence-corrected chi connectivity index (χ1v) is 10.7.